The van der Waals surface area contributed by atoms with Gasteiger partial charge in [0.1, 0.15) is 0 Å². The van der Waals surface area contributed by atoms with Gasteiger partial charge in [0, 0.05) is 0 Å². The third-order valence-electron chi connectivity index (χ3n) is 2.18. The second-order valence-corrected chi connectivity index (χ2v) is 3.22. The Hall–Kier alpha value is -1.99. The lowest BCUT2D eigenvalue weighted by atomic mass is 10.1. The molecule has 0 amide bonds. The second-order valence-electron chi connectivity index (χ2n) is 3.22. The molecule has 8 heteroatoms. The molecule has 0 unspecified atom stereocenters. The molecule has 90 valence electrons. The molecular weight excluding hydrogens is 245 g/mol. The van der Waals surface area contributed by atoms with E-state index in [1.807, 2.05) is 0 Å². The van der Waals surface area contributed by atoms with Crippen molar-refractivity contribution >= 4 is 0 Å². The van der Waals surface area contributed by atoms with Gasteiger partial charge in [0.25, 0.3) is 0 Å². The molecule has 0 spiro atoms. The van der Waals surface area contributed by atoms with Crippen molar-refractivity contribution in [1.29, 1.82) is 0 Å². The fourth-order valence-corrected chi connectivity index (χ4v) is 1.34. The van der Waals surface area contributed by atoms with Crippen LogP contribution in [0.3, 0.4) is 0 Å². The Balaban J connectivity index is 2.84. The zero-order valence-corrected chi connectivity index (χ0v) is 8.28. The Bertz CT molecular complexity index is 564. The van der Waals surface area contributed by atoms with Gasteiger partial charge in [-0.2, -0.15) is 0 Å². The van der Waals surface area contributed by atoms with Crippen molar-refractivity contribution < 1.29 is 22.0 Å². The first-order chi connectivity index (χ1) is 7.95. The molecule has 2 rings (SSSR count). The molecule has 0 atom stereocenters. The van der Waals surface area contributed by atoms with Crippen LogP contribution in [0.15, 0.2) is 0 Å². The minimum absolute atomic E-state index is 0.0215. The third-order valence-corrected chi connectivity index (χ3v) is 2.18. The summed E-state index contributed by atoms with van der Waals surface area (Å²) < 4.78 is 65.3. The van der Waals surface area contributed by atoms with Gasteiger partial charge in [0.2, 0.25) is 5.82 Å². The third kappa shape index (κ3) is 1.56. The fourth-order valence-electron chi connectivity index (χ4n) is 1.34. The van der Waals surface area contributed by atoms with E-state index in [2.05, 4.69) is 15.4 Å². The van der Waals surface area contributed by atoms with Gasteiger partial charge in [-0.1, -0.05) is 5.21 Å². The molecule has 0 bridgehead atoms. The largest absolute Gasteiger partial charge is 0.257 e. The number of benzene rings is 1. The van der Waals surface area contributed by atoms with Crippen molar-refractivity contribution in [2.45, 2.75) is 6.92 Å². The lowest BCUT2D eigenvalue weighted by molar-refractivity contribution is 0.381. The molecule has 0 saturated heterocycles. The highest BCUT2D eigenvalue weighted by molar-refractivity contribution is 5.62. The summed E-state index contributed by atoms with van der Waals surface area (Å²) in [5.41, 5.74) is -1.39. The zero-order valence-electron chi connectivity index (χ0n) is 8.28. The van der Waals surface area contributed by atoms with Gasteiger partial charge in [0.05, 0.1) is 17.0 Å². The minimum Gasteiger partial charge on any atom is -0.257 e. The zero-order chi connectivity index (χ0) is 12.7. The van der Waals surface area contributed by atoms with Gasteiger partial charge in [-0.05, 0) is 6.92 Å². The van der Waals surface area contributed by atoms with Gasteiger partial charge in [-0.15, -0.1) is 5.10 Å². The molecule has 0 radical (unpaired) electrons. The van der Waals surface area contributed by atoms with Crippen LogP contribution in [0.25, 0.3) is 11.3 Å². The monoisotopic (exact) mass is 249 g/mol. The molecule has 0 saturated carbocycles. The summed E-state index contributed by atoms with van der Waals surface area (Å²) in [6, 6.07) is 0. The number of nitrogens with one attached hydrogen (secondary N) is 1. The molecule has 3 nitrogen and oxygen atoms in total. The van der Waals surface area contributed by atoms with Crippen molar-refractivity contribution in [3.63, 3.8) is 0 Å². The molecule has 1 heterocycles. The number of aryl methyl sites for hydroxylation is 1. The molecule has 17 heavy (non-hydrogen) atoms. The van der Waals surface area contributed by atoms with Crippen LogP contribution in [0.4, 0.5) is 22.0 Å². The number of nitrogens with zero attached hydrogens (tertiary/aromatic N) is 2. The molecule has 1 aromatic carbocycles. The van der Waals surface area contributed by atoms with E-state index in [1.165, 1.54) is 6.92 Å². The summed E-state index contributed by atoms with van der Waals surface area (Å²) in [4.78, 5) is 0. The maximum Gasteiger partial charge on any atom is 0.200 e. The Labute approximate surface area is 91.3 Å². The number of hydrogen-bond donors (Lipinski definition) is 1. The first-order valence-electron chi connectivity index (χ1n) is 4.34. The number of hydrogen-bond acceptors (Lipinski definition) is 2. The number of rotatable bonds is 1. The van der Waals surface area contributed by atoms with Crippen LogP contribution in [0, 0.1) is 36.0 Å². The summed E-state index contributed by atoms with van der Waals surface area (Å²) in [6.07, 6.45) is 0. The molecule has 1 aromatic heterocycles. The predicted molar refractivity (Wildman–Crippen MR) is 46.3 cm³/mol. The molecule has 0 aliphatic carbocycles. The molecule has 0 fully saturated rings. The normalized spacial score (nSPS) is 10.9. The molecule has 1 N–H and O–H groups in total. The van der Waals surface area contributed by atoms with Crippen molar-refractivity contribution in [2.75, 3.05) is 0 Å². The van der Waals surface area contributed by atoms with E-state index < -0.39 is 34.6 Å². The van der Waals surface area contributed by atoms with Crippen LogP contribution in [-0.2, 0) is 0 Å². The van der Waals surface area contributed by atoms with Crippen LogP contribution in [0.2, 0.25) is 0 Å². The number of halogens is 5. The highest BCUT2D eigenvalue weighted by Gasteiger charge is 2.28. The van der Waals surface area contributed by atoms with Gasteiger partial charge in [-0.3, -0.25) is 5.10 Å². The molecule has 0 aliphatic heterocycles. The topological polar surface area (TPSA) is 41.6 Å². The van der Waals surface area contributed by atoms with Gasteiger partial charge < -0.3 is 0 Å². The minimum atomic E-state index is -2.20. The van der Waals surface area contributed by atoms with Crippen LogP contribution < -0.4 is 0 Å². The van der Waals surface area contributed by atoms with Gasteiger partial charge in [0.15, 0.2) is 23.3 Å². The van der Waals surface area contributed by atoms with Crippen molar-refractivity contribution in [3.05, 3.63) is 34.8 Å². The smallest absolute Gasteiger partial charge is 0.200 e. The van der Waals surface area contributed by atoms with Crippen LogP contribution in [0.1, 0.15) is 5.69 Å². The lowest BCUT2D eigenvalue weighted by Gasteiger charge is -2.06. The second kappa shape index (κ2) is 3.79. The summed E-state index contributed by atoms with van der Waals surface area (Å²) >= 11 is 0. The van der Waals surface area contributed by atoms with E-state index in [4.69, 9.17) is 0 Å². The summed E-state index contributed by atoms with van der Waals surface area (Å²) in [6.45, 7) is 1.32. The van der Waals surface area contributed by atoms with E-state index >= 15 is 0 Å². The Kier molecular flexibility index (Phi) is 2.56. The van der Waals surface area contributed by atoms with E-state index in [0.717, 1.165) is 0 Å². The Morgan fingerprint density at radius 1 is 0.824 bits per heavy atom. The summed E-state index contributed by atoms with van der Waals surface area (Å²) in [5, 5.41) is 8.67. The van der Waals surface area contributed by atoms with Crippen molar-refractivity contribution in [2.24, 2.45) is 0 Å². The summed E-state index contributed by atoms with van der Waals surface area (Å²) in [5.74, 6) is -10.1. The number of H-pyrrole nitrogens is 1. The quantitative estimate of drug-likeness (QED) is 0.479. The maximum atomic E-state index is 13.3. The summed E-state index contributed by atoms with van der Waals surface area (Å²) in [7, 11) is 0. The molecule has 0 aliphatic rings. The standard InChI is InChI=1S/C9H4F5N3/c1-2-9(16-17-15-2)3-4(10)6(12)8(14)7(13)5(3)11/h1H3,(H,15,16,17). The van der Waals surface area contributed by atoms with Gasteiger partial charge in [-0.25, -0.2) is 22.0 Å². The van der Waals surface area contributed by atoms with E-state index in [0.29, 0.717) is 0 Å². The van der Waals surface area contributed by atoms with E-state index in [9.17, 15) is 22.0 Å². The van der Waals surface area contributed by atoms with Gasteiger partial charge >= 0.3 is 0 Å². The highest BCUT2D eigenvalue weighted by atomic mass is 19.2. The average Bonchev–Trinajstić information content (AvgIpc) is 2.71. The van der Waals surface area contributed by atoms with Crippen LogP contribution in [0.5, 0.6) is 0 Å². The van der Waals surface area contributed by atoms with Crippen LogP contribution in [-0.4, -0.2) is 15.4 Å². The van der Waals surface area contributed by atoms with Crippen molar-refractivity contribution in [1.82, 2.24) is 15.4 Å². The lowest BCUT2D eigenvalue weighted by Crippen LogP contribution is -2.04. The predicted octanol–water partition coefficient (Wildman–Crippen LogP) is 2.48. The number of aromatic amines is 1. The first kappa shape index (κ1) is 11.5. The molecule has 2 aromatic rings. The highest BCUT2D eigenvalue weighted by Crippen LogP contribution is 2.31. The van der Waals surface area contributed by atoms with Crippen molar-refractivity contribution in [3.8, 4) is 11.3 Å². The average molecular weight is 249 g/mol. The molecular formula is C9H4F5N3. The van der Waals surface area contributed by atoms with Crippen LogP contribution >= 0.6 is 0 Å². The SMILES string of the molecule is Cc1nn[nH]c1-c1c(F)c(F)c(F)c(F)c1F. The van der Waals surface area contributed by atoms with E-state index in [1.54, 1.807) is 0 Å². The number of aromatic nitrogens is 3. The Morgan fingerprint density at radius 3 is 1.71 bits per heavy atom. The first-order valence-corrected chi connectivity index (χ1v) is 4.34. The fraction of sp³-hybridized carbons (Fsp3) is 0.111. The Morgan fingerprint density at radius 2 is 1.29 bits per heavy atom. The van der Waals surface area contributed by atoms with E-state index in [-0.39, 0.29) is 11.4 Å². The maximum absolute atomic E-state index is 13.3.